The molecule has 1 aliphatic rings. The van der Waals surface area contributed by atoms with Gasteiger partial charge in [0.05, 0.1) is 9.82 Å². The van der Waals surface area contributed by atoms with Crippen molar-refractivity contribution in [3.05, 3.63) is 63.2 Å². The number of amides is 1. The molecule has 0 radical (unpaired) electrons. The molecule has 30 heavy (non-hydrogen) atoms. The Morgan fingerprint density at radius 1 is 1.20 bits per heavy atom. The van der Waals surface area contributed by atoms with Crippen LogP contribution in [0.1, 0.15) is 21.5 Å². The lowest BCUT2D eigenvalue weighted by Crippen LogP contribution is -2.32. The SMILES string of the molecule is Cc1ccc(CN2CCSCC2)cc1NC(=O)c1cc([N+](=O)[O-])cc(S(C)(=O)=O)c1. The molecule has 3 rings (SSSR count). The van der Waals surface area contributed by atoms with E-state index in [4.69, 9.17) is 0 Å². The number of nitrogens with one attached hydrogen (secondary N) is 1. The smallest absolute Gasteiger partial charge is 0.271 e. The van der Waals surface area contributed by atoms with E-state index in [0.29, 0.717) is 5.69 Å². The summed E-state index contributed by atoms with van der Waals surface area (Å²) >= 11 is 1.94. The van der Waals surface area contributed by atoms with E-state index in [1.807, 2.05) is 36.9 Å². The zero-order valence-electron chi connectivity index (χ0n) is 16.8. The lowest BCUT2D eigenvalue weighted by molar-refractivity contribution is -0.385. The molecule has 2 aromatic rings. The van der Waals surface area contributed by atoms with Crippen LogP contribution in [0.5, 0.6) is 0 Å². The van der Waals surface area contributed by atoms with Gasteiger partial charge in [0.2, 0.25) is 0 Å². The van der Waals surface area contributed by atoms with Crippen molar-refractivity contribution in [2.75, 3.05) is 36.2 Å². The van der Waals surface area contributed by atoms with Crippen molar-refractivity contribution in [3.63, 3.8) is 0 Å². The quantitative estimate of drug-likeness (QED) is 0.533. The van der Waals surface area contributed by atoms with E-state index < -0.39 is 26.4 Å². The van der Waals surface area contributed by atoms with Gasteiger partial charge < -0.3 is 5.32 Å². The highest BCUT2D eigenvalue weighted by Gasteiger charge is 2.20. The van der Waals surface area contributed by atoms with Gasteiger partial charge in [-0.25, -0.2) is 8.42 Å². The first-order valence-electron chi connectivity index (χ1n) is 9.34. The highest BCUT2D eigenvalue weighted by molar-refractivity contribution is 7.99. The second-order valence-corrected chi connectivity index (χ2v) is 10.5. The van der Waals surface area contributed by atoms with Gasteiger partial charge in [-0.1, -0.05) is 12.1 Å². The van der Waals surface area contributed by atoms with Crippen molar-refractivity contribution < 1.29 is 18.1 Å². The molecule has 0 unspecified atom stereocenters. The Hall–Kier alpha value is -2.43. The summed E-state index contributed by atoms with van der Waals surface area (Å²) < 4.78 is 23.7. The van der Waals surface area contributed by atoms with E-state index >= 15 is 0 Å². The molecule has 8 nitrogen and oxygen atoms in total. The number of benzene rings is 2. The van der Waals surface area contributed by atoms with Gasteiger partial charge >= 0.3 is 0 Å². The van der Waals surface area contributed by atoms with Gasteiger partial charge in [0, 0.05) is 60.8 Å². The lowest BCUT2D eigenvalue weighted by atomic mass is 10.1. The van der Waals surface area contributed by atoms with Crippen LogP contribution in [0.25, 0.3) is 0 Å². The highest BCUT2D eigenvalue weighted by atomic mass is 32.2. The van der Waals surface area contributed by atoms with Crippen molar-refractivity contribution in [3.8, 4) is 0 Å². The normalized spacial score (nSPS) is 15.0. The van der Waals surface area contributed by atoms with Crippen LogP contribution in [0.15, 0.2) is 41.3 Å². The molecular weight excluding hydrogens is 426 g/mol. The molecule has 1 fully saturated rings. The summed E-state index contributed by atoms with van der Waals surface area (Å²) in [5, 5.41) is 13.9. The molecule has 0 aliphatic carbocycles. The third kappa shape index (κ3) is 5.59. The van der Waals surface area contributed by atoms with Gasteiger partial charge in [0.1, 0.15) is 0 Å². The number of aryl methyl sites for hydroxylation is 1. The van der Waals surface area contributed by atoms with Gasteiger partial charge in [-0.2, -0.15) is 11.8 Å². The van der Waals surface area contributed by atoms with Crippen LogP contribution in [-0.4, -0.2) is 55.0 Å². The maximum atomic E-state index is 12.8. The molecule has 0 bridgehead atoms. The average Bonchev–Trinajstić information content (AvgIpc) is 2.70. The summed E-state index contributed by atoms with van der Waals surface area (Å²) in [4.78, 5) is 25.3. The third-order valence-electron chi connectivity index (χ3n) is 4.85. The van der Waals surface area contributed by atoms with Crippen LogP contribution < -0.4 is 5.32 Å². The zero-order chi connectivity index (χ0) is 21.9. The number of non-ortho nitro benzene ring substituents is 1. The summed E-state index contributed by atoms with van der Waals surface area (Å²) in [7, 11) is -3.71. The van der Waals surface area contributed by atoms with E-state index in [1.165, 1.54) is 0 Å². The van der Waals surface area contributed by atoms with Crippen molar-refractivity contribution in [1.29, 1.82) is 0 Å². The zero-order valence-corrected chi connectivity index (χ0v) is 18.4. The number of sulfone groups is 1. The monoisotopic (exact) mass is 449 g/mol. The number of nitro groups is 1. The Morgan fingerprint density at radius 2 is 1.90 bits per heavy atom. The Kier molecular flexibility index (Phi) is 6.79. The van der Waals surface area contributed by atoms with E-state index in [9.17, 15) is 23.3 Å². The molecule has 1 saturated heterocycles. The third-order valence-corrected chi connectivity index (χ3v) is 6.89. The maximum absolute atomic E-state index is 12.8. The fourth-order valence-electron chi connectivity index (χ4n) is 3.15. The van der Waals surface area contributed by atoms with Crippen LogP contribution >= 0.6 is 11.8 Å². The average molecular weight is 450 g/mol. The molecule has 0 atom stereocenters. The van der Waals surface area contributed by atoms with Crippen molar-refractivity contribution in [2.45, 2.75) is 18.4 Å². The van der Waals surface area contributed by atoms with Crippen molar-refractivity contribution >= 4 is 38.9 Å². The van der Waals surface area contributed by atoms with Crippen molar-refractivity contribution in [2.24, 2.45) is 0 Å². The fraction of sp³-hybridized carbons (Fsp3) is 0.350. The Labute approximate surface area is 179 Å². The van der Waals surface area contributed by atoms with Crippen LogP contribution in [0.2, 0.25) is 0 Å². The predicted molar refractivity (Wildman–Crippen MR) is 118 cm³/mol. The van der Waals surface area contributed by atoms with Gasteiger partial charge in [0.25, 0.3) is 11.6 Å². The maximum Gasteiger partial charge on any atom is 0.271 e. The molecule has 1 N–H and O–H groups in total. The molecule has 0 saturated carbocycles. The summed E-state index contributed by atoms with van der Waals surface area (Å²) in [6.07, 6.45) is 0.945. The second-order valence-electron chi connectivity index (χ2n) is 7.24. The van der Waals surface area contributed by atoms with Crippen LogP contribution in [-0.2, 0) is 16.4 Å². The Morgan fingerprint density at radius 3 is 2.53 bits per heavy atom. The Bertz CT molecular complexity index is 1080. The van der Waals surface area contributed by atoms with E-state index in [-0.39, 0.29) is 10.5 Å². The van der Waals surface area contributed by atoms with Gasteiger partial charge in [0.15, 0.2) is 9.84 Å². The number of hydrogen-bond acceptors (Lipinski definition) is 7. The summed E-state index contributed by atoms with van der Waals surface area (Å²) in [5.41, 5.74) is 1.96. The molecule has 2 aromatic carbocycles. The first-order valence-corrected chi connectivity index (χ1v) is 12.4. The lowest BCUT2D eigenvalue weighted by Gasteiger charge is -2.26. The number of nitro benzene ring substituents is 1. The number of hydrogen-bond donors (Lipinski definition) is 1. The number of carbonyl (C=O) groups is 1. The Balaban J connectivity index is 1.85. The van der Waals surface area contributed by atoms with Crippen LogP contribution in [0.4, 0.5) is 11.4 Å². The molecule has 0 spiro atoms. The molecule has 1 heterocycles. The molecule has 160 valence electrons. The summed E-state index contributed by atoms with van der Waals surface area (Å²) in [5.74, 6) is 1.61. The summed E-state index contributed by atoms with van der Waals surface area (Å²) in [6.45, 7) is 4.66. The van der Waals surface area contributed by atoms with Crippen molar-refractivity contribution in [1.82, 2.24) is 4.90 Å². The number of rotatable bonds is 6. The number of nitrogens with zero attached hydrogens (tertiary/aromatic N) is 2. The first-order chi connectivity index (χ1) is 14.1. The van der Waals surface area contributed by atoms with Gasteiger partial charge in [-0.05, 0) is 30.2 Å². The molecule has 10 heteroatoms. The number of anilines is 1. The van der Waals surface area contributed by atoms with E-state index in [2.05, 4.69) is 10.2 Å². The van der Waals surface area contributed by atoms with Crippen LogP contribution in [0, 0.1) is 17.0 Å². The minimum absolute atomic E-state index is 0.0810. The number of carbonyl (C=O) groups excluding carboxylic acids is 1. The van der Waals surface area contributed by atoms with Gasteiger partial charge in [-0.15, -0.1) is 0 Å². The minimum atomic E-state index is -3.71. The molecule has 1 amide bonds. The molecule has 1 aliphatic heterocycles. The predicted octanol–water partition coefficient (Wildman–Crippen LogP) is 3.11. The molecule has 0 aromatic heterocycles. The largest absolute Gasteiger partial charge is 0.322 e. The van der Waals surface area contributed by atoms with Gasteiger partial charge in [-0.3, -0.25) is 19.8 Å². The standard InChI is InChI=1S/C20H23N3O5S2/c1-14-3-4-15(13-22-5-7-29-8-6-22)9-19(14)21-20(24)16-10-17(23(25)26)12-18(11-16)30(2,27)28/h3-4,9-12H,5-8,13H2,1-2H3,(H,21,24). The van der Waals surface area contributed by atoms with E-state index in [0.717, 1.165) is 66.7 Å². The summed E-state index contributed by atoms with van der Waals surface area (Å²) in [6, 6.07) is 9.01. The minimum Gasteiger partial charge on any atom is -0.322 e. The molecular formula is C20H23N3O5S2. The first kappa shape index (κ1) is 22.3. The highest BCUT2D eigenvalue weighted by Crippen LogP contribution is 2.24. The van der Waals surface area contributed by atoms with E-state index in [1.54, 1.807) is 0 Å². The van der Waals surface area contributed by atoms with Crippen LogP contribution in [0.3, 0.4) is 0 Å². The fourth-order valence-corrected chi connectivity index (χ4v) is 4.80. The second kappa shape index (κ2) is 9.15. The topological polar surface area (TPSA) is 110 Å². The number of thioether (sulfide) groups is 1.